The van der Waals surface area contributed by atoms with E-state index >= 15 is 0 Å². The van der Waals surface area contributed by atoms with E-state index in [9.17, 15) is 8.42 Å². The molecule has 2 aliphatic rings. The zero-order chi connectivity index (χ0) is 20.6. The minimum atomic E-state index is -3.52. The van der Waals surface area contributed by atoms with Crippen molar-refractivity contribution in [3.8, 4) is 11.4 Å². The van der Waals surface area contributed by atoms with E-state index in [-0.39, 0.29) is 30.6 Å². The van der Waals surface area contributed by atoms with Crippen molar-refractivity contribution in [2.45, 2.75) is 30.0 Å². The molecule has 2 aliphatic heterocycles. The Morgan fingerprint density at radius 3 is 2.60 bits per heavy atom. The zero-order valence-electron chi connectivity index (χ0n) is 16.0. The lowest BCUT2D eigenvalue weighted by molar-refractivity contribution is 0.0624. The Hall–Kier alpha value is -2.66. The van der Waals surface area contributed by atoms with Gasteiger partial charge in [0, 0.05) is 6.20 Å². The molecule has 156 valence electrons. The molecule has 0 bridgehead atoms. The van der Waals surface area contributed by atoms with Gasteiger partial charge in [-0.05, 0) is 17.7 Å². The van der Waals surface area contributed by atoms with Crippen molar-refractivity contribution >= 4 is 10.0 Å². The van der Waals surface area contributed by atoms with Gasteiger partial charge in [0.25, 0.3) is 0 Å². The zero-order valence-corrected chi connectivity index (χ0v) is 16.9. The summed E-state index contributed by atoms with van der Waals surface area (Å²) >= 11 is 0. The second-order valence-corrected chi connectivity index (χ2v) is 9.18. The first-order valence-corrected chi connectivity index (χ1v) is 11.3. The summed E-state index contributed by atoms with van der Waals surface area (Å²) in [5, 5.41) is 8.42. The van der Waals surface area contributed by atoms with Crippen molar-refractivity contribution in [3.63, 3.8) is 0 Å². The predicted molar refractivity (Wildman–Crippen MR) is 108 cm³/mol. The smallest absolute Gasteiger partial charge is 0.216 e. The standard InChI is InChI=1S/C20H21N5O4S/c26-30(27,13-14-6-2-1-3-7-14)23-17-11-28-20-18(12-29-19(17)20)25-10-16(22-24-25)15-8-4-5-9-21-15/h1-10,17-20,23H,11-13H2. The second kappa shape index (κ2) is 7.88. The maximum absolute atomic E-state index is 12.6. The maximum atomic E-state index is 12.6. The Morgan fingerprint density at radius 2 is 1.80 bits per heavy atom. The van der Waals surface area contributed by atoms with Gasteiger partial charge < -0.3 is 9.47 Å². The van der Waals surface area contributed by atoms with Crippen molar-refractivity contribution in [2.75, 3.05) is 13.2 Å². The van der Waals surface area contributed by atoms with Crippen LogP contribution in [0.4, 0.5) is 0 Å². The summed E-state index contributed by atoms with van der Waals surface area (Å²) in [6, 6.07) is 14.1. The number of nitrogens with one attached hydrogen (secondary N) is 1. The Balaban J connectivity index is 1.27. The van der Waals surface area contributed by atoms with Gasteiger partial charge >= 0.3 is 0 Å². The highest BCUT2D eigenvalue weighted by Crippen LogP contribution is 2.34. The second-order valence-electron chi connectivity index (χ2n) is 7.43. The fourth-order valence-corrected chi connectivity index (χ4v) is 5.32. The molecule has 2 aromatic heterocycles. The Bertz CT molecular complexity index is 1110. The highest BCUT2D eigenvalue weighted by molar-refractivity contribution is 7.88. The molecule has 0 saturated carbocycles. The van der Waals surface area contributed by atoms with Crippen LogP contribution in [0.25, 0.3) is 11.4 Å². The fraction of sp³-hybridized carbons (Fsp3) is 0.350. The summed E-state index contributed by atoms with van der Waals surface area (Å²) in [7, 11) is -3.52. The van der Waals surface area contributed by atoms with E-state index in [2.05, 4.69) is 20.0 Å². The fourth-order valence-electron chi connectivity index (χ4n) is 3.94. The molecule has 30 heavy (non-hydrogen) atoms. The largest absolute Gasteiger partial charge is 0.371 e. The number of sulfonamides is 1. The average Bonchev–Trinajstić information content (AvgIpc) is 3.46. The van der Waals surface area contributed by atoms with Gasteiger partial charge in [-0.2, -0.15) is 0 Å². The number of ether oxygens (including phenoxy) is 2. The van der Waals surface area contributed by atoms with E-state index in [0.29, 0.717) is 12.3 Å². The Labute approximate surface area is 174 Å². The number of fused-ring (bicyclic) bond motifs is 1. The van der Waals surface area contributed by atoms with E-state index < -0.39 is 16.1 Å². The molecule has 1 N–H and O–H groups in total. The van der Waals surface area contributed by atoms with Crippen LogP contribution >= 0.6 is 0 Å². The Kier molecular flexibility index (Phi) is 5.07. The van der Waals surface area contributed by atoms with Gasteiger partial charge in [0.05, 0.1) is 36.9 Å². The highest BCUT2D eigenvalue weighted by atomic mass is 32.2. The van der Waals surface area contributed by atoms with Crippen molar-refractivity contribution in [3.05, 3.63) is 66.5 Å². The van der Waals surface area contributed by atoms with Crippen molar-refractivity contribution in [1.29, 1.82) is 0 Å². The van der Waals surface area contributed by atoms with Crippen molar-refractivity contribution in [2.24, 2.45) is 0 Å². The highest BCUT2D eigenvalue weighted by Gasteiger charge is 2.49. The van der Waals surface area contributed by atoms with Crippen LogP contribution in [0.1, 0.15) is 11.6 Å². The number of aromatic nitrogens is 4. The normalized spacial score (nSPS) is 26.0. The first-order valence-electron chi connectivity index (χ1n) is 9.69. The van der Waals surface area contributed by atoms with Gasteiger partial charge in [-0.1, -0.05) is 41.6 Å². The van der Waals surface area contributed by atoms with Crippen LogP contribution in [0.5, 0.6) is 0 Å². The third kappa shape index (κ3) is 3.86. The van der Waals surface area contributed by atoms with Crippen LogP contribution in [-0.2, 0) is 25.2 Å². The lowest BCUT2D eigenvalue weighted by atomic mass is 10.1. The molecule has 4 atom stereocenters. The number of rotatable bonds is 6. The van der Waals surface area contributed by atoms with Gasteiger partial charge in [-0.15, -0.1) is 5.10 Å². The van der Waals surface area contributed by atoms with E-state index in [4.69, 9.17) is 9.47 Å². The molecule has 4 heterocycles. The molecule has 3 aromatic rings. The first kappa shape index (κ1) is 19.3. The number of pyridine rings is 1. The monoisotopic (exact) mass is 427 g/mol. The third-order valence-corrected chi connectivity index (χ3v) is 6.71. The van der Waals surface area contributed by atoms with Gasteiger partial charge in [-0.3, -0.25) is 4.98 Å². The Morgan fingerprint density at radius 1 is 1.00 bits per heavy atom. The minimum absolute atomic E-state index is 0.0817. The molecule has 9 nitrogen and oxygen atoms in total. The summed E-state index contributed by atoms with van der Waals surface area (Å²) in [5.74, 6) is -0.0817. The van der Waals surface area contributed by atoms with Crippen LogP contribution in [-0.4, -0.2) is 59.9 Å². The molecule has 2 fully saturated rings. The van der Waals surface area contributed by atoms with Gasteiger partial charge in [0.15, 0.2) is 0 Å². The molecular weight excluding hydrogens is 406 g/mol. The summed E-state index contributed by atoms with van der Waals surface area (Å²) in [5.41, 5.74) is 2.13. The van der Waals surface area contributed by atoms with Crippen LogP contribution in [0, 0.1) is 0 Å². The number of hydrogen-bond donors (Lipinski definition) is 1. The number of benzene rings is 1. The van der Waals surface area contributed by atoms with Gasteiger partial charge in [-0.25, -0.2) is 17.8 Å². The van der Waals surface area contributed by atoms with Crippen molar-refractivity contribution < 1.29 is 17.9 Å². The SMILES string of the molecule is O=S(=O)(Cc1ccccc1)NC1COC2C1OCC2n1cc(-c2ccccn2)nn1. The topological polar surface area (TPSA) is 108 Å². The van der Waals surface area contributed by atoms with Gasteiger partial charge in [0.1, 0.15) is 23.9 Å². The van der Waals surface area contributed by atoms with E-state index in [1.54, 1.807) is 23.0 Å². The van der Waals surface area contributed by atoms with E-state index in [1.165, 1.54) is 0 Å². The van der Waals surface area contributed by atoms with Gasteiger partial charge in [0.2, 0.25) is 10.0 Å². The molecule has 10 heteroatoms. The minimum Gasteiger partial charge on any atom is -0.371 e. The predicted octanol–water partition coefficient (Wildman–Crippen LogP) is 1.17. The lowest BCUT2D eigenvalue weighted by Crippen LogP contribution is -2.44. The molecule has 0 aliphatic carbocycles. The molecule has 4 unspecified atom stereocenters. The summed E-state index contributed by atoms with van der Waals surface area (Å²) in [4.78, 5) is 4.29. The van der Waals surface area contributed by atoms with Crippen LogP contribution in [0.2, 0.25) is 0 Å². The molecular formula is C20H21N5O4S. The molecule has 0 amide bonds. The molecule has 0 radical (unpaired) electrons. The van der Waals surface area contributed by atoms with E-state index in [1.807, 2.05) is 42.6 Å². The molecule has 0 spiro atoms. The quantitative estimate of drug-likeness (QED) is 0.629. The van der Waals surface area contributed by atoms with Crippen LogP contribution < -0.4 is 4.72 Å². The average molecular weight is 427 g/mol. The van der Waals surface area contributed by atoms with Crippen LogP contribution in [0.15, 0.2) is 60.9 Å². The lowest BCUT2D eigenvalue weighted by Gasteiger charge is -2.18. The molecule has 2 saturated heterocycles. The first-order chi connectivity index (χ1) is 14.6. The third-order valence-electron chi connectivity index (χ3n) is 5.34. The maximum Gasteiger partial charge on any atom is 0.216 e. The number of nitrogens with zero attached hydrogens (tertiary/aromatic N) is 4. The molecule has 1 aromatic carbocycles. The van der Waals surface area contributed by atoms with Crippen LogP contribution in [0.3, 0.4) is 0 Å². The summed E-state index contributed by atoms with van der Waals surface area (Å²) in [6.45, 7) is 0.624. The van der Waals surface area contributed by atoms with E-state index in [0.717, 1.165) is 11.3 Å². The van der Waals surface area contributed by atoms with Crippen molar-refractivity contribution in [1.82, 2.24) is 24.7 Å². The summed E-state index contributed by atoms with van der Waals surface area (Å²) < 4.78 is 41.5. The number of hydrogen-bond acceptors (Lipinski definition) is 7. The summed E-state index contributed by atoms with van der Waals surface area (Å²) in [6.07, 6.45) is 2.85. The molecule has 5 rings (SSSR count).